The van der Waals surface area contributed by atoms with E-state index in [0.29, 0.717) is 0 Å². The van der Waals surface area contributed by atoms with Gasteiger partial charge >= 0.3 is 0 Å². The van der Waals surface area contributed by atoms with E-state index in [1.165, 1.54) is 51.7 Å². The van der Waals surface area contributed by atoms with Crippen molar-refractivity contribution in [3.63, 3.8) is 0 Å². The van der Waals surface area contributed by atoms with Crippen LogP contribution in [0.15, 0.2) is 4.99 Å². The summed E-state index contributed by atoms with van der Waals surface area (Å²) in [6, 6.07) is 0.755. The first-order chi connectivity index (χ1) is 12.8. The minimum Gasteiger partial charge on any atom is -0.379 e. The van der Waals surface area contributed by atoms with Crippen LogP contribution < -0.4 is 10.6 Å². The molecule has 0 aliphatic carbocycles. The van der Waals surface area contributed by atoms with Crippen molar-refractivity contribution < 1.29 is 4.74 Å². The SMILES string of the molecule is CCNC(=NCCCN1CCCCC1C)NCCCCN1CCOCC1. The Morgan fingerprint density at radius 1 is 1.04 bits per heavy atom. The lowest BCUT2D eigenvalue weighted by Gasteiger charge is -2.33. The lowest BCUT2D eigenvalue weighted by atomic mass is 10.0. The Kier molecular flexibility index (Phi) is 11.0. The predicted molar refractivity (Wildman–Crippen MR) is 110 cm³/mol. The molecule has 2 heterocycles. The fourth-order valence-corrected chi connectivity index (χ4v) is 3.79. The molecule has 0 amide bonds. The Labute approximate surface area is 160 Å². The van der Waals surface area contributed by atoms with Gasteiger partial charge in [0.15, 0.2) is 5.96 Å². The number of ether oxygens (including phenoxy) is 1. The van der Waals surface area contributed by atoms with Crippen molar-refractivity contribution in [1.29, 1.82) is 0 Å². The minimum atomic E-state index is 0.755. The normalized spacial score (nSPS) is 23.2. The van der Waals surface area contributed by atoms with Crippen molar-refractivity contribution in [3.05, 3.63) is 0 Å². The number of likely N-dealkylation sites (tertiary alicyclic amines) is 1. The Morgan fingerprint density at radius 3 is 2.65 bits per heavy atom. The molecule has 0 spiro atoms. The fraction of sp³-hybridized carbons (Fsp3) is 0.950. The van der Waals surface area contributed by atoms with E-state index in [4.69, 9.17) is 9.73 Å². The van der Waals surface area contributed by atoms with Gasteiger partial charge in [0.25, 0.3) is 0 Å². The highest BCUT2D eigenvalue weighted by atomic mass is 16.5. The van der Waals surface area contributed by atoms with Crippen molar-refractivity contribution in [2.75, 3.05) is 65.6 Å². The summed E-state index contributed by atoms with van der Waals surface area (Å²) in [6.45, 7) is 14.9. The van der Waals surface area contributed by atoms with Crippen LogP contribution in [0.1, 0.15) is 52.4 Å². The summed E-state index contributed by atoms with van der Waals surface area (Å²) in [5.74, 6) is 0.977. The third kappa shape index (κ3) is 8.69. The van der Waals surface area contributed by atoms with Crippen LogP contribution in [-0.4, -0.2) is 87.4 Å². The highest BCUT2D eigenvalue weighted by molar-refractivity contribution is 5.79. The summed E-state index contributed by atoms with van der Waals surface area (Å²) in [7, 11) is 0. The van der Waals surface area contributed by atoms with E-state index >= 15 is 0 Å². The lowest BCUT2D eigenvalue weighted by molar-refractivity contribution is 0.0372. The summed E-state index contributed by atoms with van der Waals surface area (Å²) in [4.78, 5) is 9.89. The first-order valence-electron chi connectivity index (χ1n) is 10.9. The summed E-state index contributed by atoms with van der Waals surface area (Å²) in [5.41, 5.74) is 0. The van der Waals surface area contributed by atoms with Crippen LogP contribution >= 0.6 is 0 Å². The smallest absolute Gasteiger partial charge is 0.191 e. The van der Waals surface area contributed by atoms with E-state index in [-0.39, 0.29) is 0 Å². The number of unbranched alkanes of at least 4 members (excludes halogenated alkanes) is 1. The van der Waals surface area contributed by atoms with E-state index in [2.05, 4.69) is 34.3 Å². The highest BCUT2D eigenvalue weighted by Gasteiger charge is 2.17. The number of rotatable bonds is 10. The molecule has 0 aromatic heterocycles. The van der Waals surface area contributed by atoms with E-state index in [1.807, 2.05) is 0 Å². The molecule has 6 heteroatoms. The van der Waals surface area contributed by atoms with Gasteiger partial charge in [-0.25, -0.2) is 0 Å². The van der Waals surface area contributed by atoms with E-state index in [9.17, 15) is 0 Å². The second-order valence-electron chi connectivity index (χ2n) is 7.58. The Morgan fingerprint density at radius 2 is 1.88 bits per heavy atom. The number of hydrogen-bond acceptors (Lipinski definition) is 4. The number of hydrogen-bond donors (Lipinski definition) is 2. The zero-order valence-corrected chi connectivity index (χ0v) is 17.1. The van der Waals surface area contributed by atoms with Crippen molar-refractivity contribution in [3.8, 4) is 0 Å². The topological polar surface area (TPSA) is 52.1 Å². The average Bonchev–Trinajstić information content (AvgIpc) is 2.67. The molecule has 2 N–H and O–H groups in total. The van der Waals surface area contributed by atoms with Crippen LogP contribution in [0.3, 0.4) is 0 Å². The average molecular weight is 368 g/mol. The predicted octanol–water partition coefficient (Wildman–Crippen LogP) is 1.92. The van der Waals surface area contributed by atoms with Gasteiger partial charge in [-0.05, 0) is 59.0 Å². The van der Waals surface area contributed by atoms with Crippen LogP contribution in [-0.2, 0) is 4.74 Å². The van der Waals surface area contributed by atoms with Gasteiger partial charge in [0.05, 0.1) is 13.2 Å². The molecule has 2 fully saturated rings. The molecule has 2 aliphatic heterocycles. The zero-order chi connectivity index (χ0) is 18.5. The Hall–Kier alpha value is -0.850. The van der Waals surface area contributed by atoms with E-state index in [0.717, 1.165) is 64.4 Å². The van der Waals surface area contributed by atoms with Gasteiger partial charge in [0.1, 0.15) is 0 Å². The number of guanidine groups is 1. The van der Waals surface area contributed by atoms with Crippen molar-refractivity contribution >= 4 is 5.96 Å². The number of aliphatic imine (C=N–C) groups is 1. The molecule has 2 saturated heterocycles. The molecule has 0 aromatic carbocycles. The lowest BCUT2D eigenvalue weighted by Crippen LogP contribution is -2.39. The van der Waals surface area contributed by atoms with Gasteiger partial charge in [-0.15, -0.1) is 0 Å². The maximum absolute atomic E-state index is 5.40. The van der Waals surface area contributed by atoms with Crippen molar-refractivity contribution in [2.45, 2.75) is 58.4 Å². The van der Waals surface area contributed by atoms with Gasteiger partial charge < -0.3 is 20.3 Å². The molecule has 152 valence electrons. The molecule has 2 rings (SSSR count). The summed E-state index contributed by atoms with van der Waals surface area (Å²) in [5, 5.41) is 6.86. The Bertz CT molecular complexity index is 384. The van der Waals surface area contributed by atoms with Crippen molar-refractivity contribution in [1.82, 2.24) is 20.4 Å². The van der Waals surface area contributed by atoms with Crippen LogP contribution in [0.4, 0.5) is 0 Å². The van der Waals surface area contributed by atoms with Gasteiger partial charge in [0.2, 0.25) is 0 Å². The largest absolute Gasteiger partial charge is 0.379 e. The molecular formula is C20H41N5O. The molecule has 0 bridgehead atoms. The van der Waals surface area contributed by atoms with Gasteiger partial charge in [-0.2, -0.15) is 0 Å². The van der Waals surface area contributed by atoms with Crippen LogP contribution in [0.2, 0.25) is 0 Å². The minimum absolute atomic E-state index is 0.755. The molecule has 1 unspecified atom stereocenters. The Balaban J connectivity index is 1.55. The van der Waals surface area contributed by atoms with E-state index < -0.39 is 0 Å². The summed E-state index contributed by atoms with van der Waals surface area (Å²) >= 11 is 0. The van der Waals surface area contributed by atoms with Crippen LogP contribution in [0.25, 0.3) is 0 Å². The molecule has 0 radical (unpaired) electrons. The monoisotopic (exact) mass is 367 g/mol. The van der Waals surface area contributed by atoms with Crippen molar-refractivity contribution in [2.24, 2.45) is 4.99 Å². The summed E-state index contributed by atoms with van der Waals surface area (Å²) in [6.07, 6.45) is 7.69. The first-order valence-corrected chi connectivity index (χ1v) is 10.9. The number of morpholine rings is 1. The quantitative estimate of drug-likeness (QED) is 0.351. The van der Waals surface area contributed by atoms with Gasteiger partial charge in [-0.3, -0.25) is 9.89 Å². The molecule has 26 heavy (non-hydrogen) atoms. The second kappa shape index (κ2) is 13.3. The number of nitrogens with zero attached hydrogens (tertiary/aromatic N) is 3. The second-order valence-corrected chi connectivity index (χ2v) is 7.58. The maximum Gasteiger partial charge on any atom is 0.191 e. The molecule has 0 aromatic rings. The molecule has 1 atom stereocenters. The molecule has 6 nitrogen and oxygen atoms in total. The van der Waals surface area contributed by atoms with Gasteiger partial charge in [0, 0.05) is 45.3 Å². The highest BCUT2D eigenvalue weighted by Crippen LogP contribution is 2.16. The maximum atomic E-state index is 5.40. The zero-order valence-electron chi connectivity index (χ0n) is 17.1. The summed E-state index contributed by atoms with van der Waals surface area (Å²) < 4.78 is 5.40. The van der Waals surface area contributed by atoms with Gasteiger partial charge in [-0.1, -0.05) is 6.42 Å². The standard InChI is InChI=1S/C20H41N5O/c1-3-21-20(22-10-5-7-12-24-15-17-26-18-16-24)23-11-8-14-25-13-6-4-9-19(25)2/h19H,3-18H2,1-2H3,(H2,21,22,23). The van der Waals surface area contributed by atoms with Crippen LogP contribution in [0.5, 0.6) is 0 Å². The number of piperidine rings is 1. The van der Waals surface area contributed by atoms with Crippen LogP contribution in [0, 0.1) is 0 Å². The molecular weight excluding hydrogens is 326 g/mol. The first kappa shape index (κ1) is 21.5. The third-order valence-electron chi connectivity index (χ3n) is 5.46. The molecule has 2 aliphatic rings. The third-order valence-corrected chi connectivity index (χ3v) is 5.46. The molecule has 0 saturated carbocycles. The number of nitrogens with one attached hydrogen (secondary N) is 2. The van der Waals surface area contributed by atoms with E-state index in [1.54, 1.807) is 0 Å². The fourth-order valence-electron chi connectivity index (χ4n) is 3.79.